The number of epoxide rings is 1. The number of benzene rings is 2. The minimum atomic E-state index is -4.93. The van der Waals surface area contributed by atoms with Gasteiger partial charge in [-0.1, -0.05) is 66.3 Å². The Morgan fingerprint density at radius 3 is 2.47 bits per heavy atom. The largest absolute Gasteiger partial charge is 0.471 e. The quantitative estimate of drug-likeness (QED) is 0.268. The second kappa shape index (κ2) is 15.0. The molecule has 2 aromatic rings. The molecule has 0 saturated carbocycles. The summed E-state index contributed by atoms with van der Waals surface area (Å²) in [5.74, 6) is -2.66. The van der Waals surface area contributed by atoms with Crippen molar-refractivity contribution in [3.05, 3.63) is 100 Å². The van der Waals surface area contributed by atoms with Crippen LogP contribution in [0.25, 0.3) is 5.70 Å². The summed E-state index contributed by atoms with van der Waals surface area (Å²) >= 11 is 0. The maximum atomic E-state index is 14.1. The van der Waals surface area contributed by atoms with E-state index >= 15 is 0 Å². The Hall–Kier alpha value is -5.11. The van der Waals surface area contributed by atoms with Gasteiger partial charge in [0.05, 0.1) is 18.3 Å². The van der Waals surface area contributed by atoms with Crippen LogP contribution in [0, 0.1) is 6.92 Å². The zero-order chi connectivity index (χ0) is 36.3. The van der Waals surface area contributed by atoms with Gasteiger partial charge in [-0.2, -0.15) is 13.2 Å². The number of piperazine rings is 1. The number of hydrogen-bond acceptors (Lipinski definition) is 8. The van der Waals surface area contributed by atoms with Crippen LogP contribution in [0.4, 0.5) is 13.2 Å². The van der Waals surface area contributed by atoms with Crippen LogP contribution in [0.3, 0.4) is 0 Å². The minimum Gasteiger partial charge on any atom is -0.468 e. The highest BCUT2D eigenvalue weighted by atomic mass is 19.4. The van der Waals surface area contributed by atoms with Gasteiger partial charge >= 0.3 is 18.1 Å². The number of esters is 1. The first-order chi connectivity index (χ1) is 24.4. The van der Waals surface area contributed by atoms with Gasteiger partial charge in [0.1, 0.15) is 12.1 Å². The van der Waals surface area contributed by atoms with Crippen molar-refractivity contribution in [2.45, 2.75) is 57.1 Å². The lowest BCUT2D eigenvalue weighted by atomic mass is 9.90. The summed E-state index contributed by atoms with van der Waals surface area (Å²) in [7, 11) is 0. The highest BCUT2D eigenvalue weighted by Gasteiger charge is 2.47. The van der Waals surface area contributed by atoms with Crippen LogP contribution in [-0.4, -0.2) is 97.2 Å². The predicted molar refractivity (Wildman–Crippen MR) is 180 cm³/mol. The second-order valence-electron chi connectivity index (χ2n) is 13.0. The first-order valence-electron chi connectivity index (χ1n) is 17.0. The number of halogens is 3. The van der Waals surface area contributed by atoms with Crippen molar-refractivity contribution >= 4 is 29.4 Å². The average Bonchev–Trinajstić information content (AvgIpc) is 3.92. The summed E-state index contributed by atoms with van der Waals surface area (Å²) in [4.78, 5) is 55.5. The molecule has 1 aliphatic carbocycles. The van der Waals surface area contributed by atoms with Gasteiger partial charge in [-0.3, -0.25) is 19.3 Å². The number of rotatable bonds is 9. The number of hydrogen-bond donors (Lipinski definition) is 3. The summed E-state index contributed by atoms with van der Waals surface area (Å²) in [5, 5.41) is 8.26. The zero-order valence-electron chi connectivity index (χ0n) is 28.3. The lowest BCUT2D eigenvalue weighted by molar-refractivity contribution is -0.174. The Labute approximate surface area is 293 Å². The summed E-state index contributed by atoms with van der Waals surface area (Å²) < 4.78 is 48.6. The summed E-state index contributed by atoms with van der Waals surface area (Å²) in [6.07, 6.45) is -0.0724. The summed E-state index contributed by atoms with van der Waals surface area (Å²) in [6.45, 7) is 6.38. The average molecular weight is 708 g/mol. The zero-order valence-corrected chi connectivity index (χ0v) is 28.3. The first-order valence-corrected chi connectivity index (χ1v) is 17.0. The van der Waals surface area contributed by atoms with Crippen LogP contribution in [0.5, 0.6) is 0 Å². The van der Waals surface area contributed by atoms with E-state index in [4.69, 9.17) is 9.47 Å². The topological polar surface area (TPSA) is 133 Å². The SMILES string of the molecule is CCOC(=O)[C@@H]1O/C1=C1\N[C@H](C(=O)N[C@H](C(=O)N2CCN(CC3=CCC(NC(=O)C(F)(F)F)C=C3)CC2)c2ccccc2)Cc2ccc(C)cc21. The Balaban J connectivity index is 1.10. The maximum absolute atomic E-state index is 14.1. The molecule has 6 rings (SSSR count). The molecule has 2 fully saturated rings. The molecule has 14 heteroatoms. The number of alkyl halides is 3. The van der Waals surface area contributed by atoms with Gasteiger partial charge in [0.25, 0.3) is 6.10 Å². The molecule has 1 unspecified atom stereocenters. The van der Waals surface area contributed by atoms with E-state index in [9.17, 15) is 32.3 Å². The number of fused-ring (bicyclic) bond motifs is 1. The van der Waals surface area contributed by atoms with Crippen molar-refractivity contribution in [2.24, 2.45) is 0 Å². The highest BCUT2D eigenvalue weighted by molar-refractivity contribution is 5.94. The number of carbonyl (C=O) groups is 4. The molecule has 0 radical (unpaired) electrons. The van der Waals surface area contributed by atoms with Crippen molar-refractivity contribution in [3.8, 4) is 0 Å². The number of nitrogens with zero attached hydrogens (tertiary/aromatic N) is 2. The van der Waals surface area contributed by atoms with E-state index in [0.717, 1.165) is 22.3 Å². The molecule has 2 aromatic carbocycles. The molecule has 3 heterocycles. The molecular weight excluding hydrogens is 667 g/mol. The number of ether oxygens (including phenoxy) is 2. The highest BCUT2D eigenvalue weighted by Crippen LogP contribution is 2.38. The number of nitrogens with one attached hydrogen (secondary N) is 3. The summed E-state index contributed by atoms with van der Waals surface area (Å²) in [5.41, 5.74) is 4.88. The fourth-order valence-corrected chi connectivity index (χ4v) is 6.52. The van der Waals surface area contributed by atoms with E-state index in [1.165, 1.54) is 0 Å². The number of aryl methyl sites for hydroxylation is 1. The molecule has 0 bridgehead atoms. The van der Waals surface area contributed by atoms with E-state index in [-0.39, 0.29) is 24.8 Å². The lowest BCUT2D eigenvalue weighted by Gasteiger charge is -2.37. The standard InChI is InChI=1S/C37H40F3N5O6/c1-3-50-35(48)32-31(51-32)30-27-19-22(2)9-12-25(27)20-28(42-30)33(46)43-29(24-7-5-4-6-8-24)34(47)45-17-15-44(16-18-45)21-23-10-13-26(14-11-23)41-36(49)37(38,39)40/h4-13,19,26,28-29,32,42H,3,14-18,20-21H2,1-2H3,(H,41,49)(H,43,46)/b31-30-/t26?,28-,29-,32+/m0/s1. The molecule has 0 aromatic heterocycles. The second-order valence-corrected chi connectivity index (χ2v) is 13.0. The third-order valence-corrected chi connectivity index (χ3v) is 9.27. The van der Waals surface area contributed by atoms with Crippen LogP contribution in [0.2, 0.25) is 0 Å². The first kappa shape index (κ1) is 35.7. The third-order valence-electron chi connectivity index (χ3n) is 9.27. The van der Waals surface area contributed by atoms with Crippen LogP contribution in [-0.2, 0) is 35.1 Å². The number of carbonyl (C=O) groups excluding carboxylic acids is 4. The Morgan fingerprint density at radius 1 is 1.06 bits per heavy atom. The van der Waals surface area contributed by atoms with Gasteiger partial charge in [0, 0.05) is 44.7 Å². The number of amides is 3. The summed E-state index contributed by atoms with van der Waals surface area (Å²) in [6, 6.07) is 12.5. The third kappa shape index (κ3) is 8.44. The van der Waals surface area contributed by atoms with Crippen molar-refractivity contribution in [1.82, 2.24) is 25.8 Å². The molecule has 51 heavy (non-hydrogen) atoms. The van der Waals surface area contributed by atoms with E-state index in [1.807, 2.05) is 54.7 Å². The molecule has 270 valence electrons. The maximum Gasteiger partial charge on any atom is 0.471 e. The van der Waals surface area contributed by atoms with E-state index < -0.39 is 42.3 Å². The van der Waals surface area contributed by atoms with Crippen LogP contribution in [0.1, 0.15) is 41.6 Å². The van der Waals surface area contributed by atoms with Gasteiger partial charge in [0.15, 0.2) is 5.76 Å². The molecule has 3 aliphatic heterocycles. The van der Waals surface area contributed by atoms with Crippen molar-refractivity contribution < 1.29 is 41.8 Å². The fraction of sp³-hybridized carbons (Fsp3) is 0.405. The monoisotopic (exact) mass is 707 g/mol. The molecule has 4 aliphatic rings. The molecule has 2 saturated heterocycles. The molecule has 4 atom stereocenters. The van der Waals surface area contributed by atoms with Crippen molar-refractivity contribution in [3.63, 3.8) is 0 Å². The van der Waals surface area contributed by atoms with Gasteiger partial charge < -0.3 is 30.3 Å². The van der Waals surface area contributed by atoms with Gasteiger partial charge in [-0.05, 0) is 43.0 Å². The fourth-order valence-electron chi connectivity index (χ4n) is 6.52. The Bertz CT molecular complexity index is 1770. The van der Waals surface area contributed by atoms with Crippen molar-refractivity contribution in [1.29, 1.82) is 0 Å². The molecular formula is C37H40F3N5O6. The van der Waals surface area contributed by atoms with Gasteiger partial charge in [-0.25, -0.2) is 4.79 Å². The van der Waals surface area contributed by atoms with E-state index in [1.54, 1.807) is 36.1 Å². The van der Waals surface area contributed by atoms with Crippen molar-refractivity contribution in [2.75, 3.05) is 39.3 Å². The minimum absolute atomic E-state index is 0.216. The smallest absolute Gasteiger partial charge is 0.468 e. The Morgan fingerprint density at radius 2 is 1.80 bits per heavy atom. The van der Waals surface area contributed by atoms with Crippen LogP contribution in [0.15, 0.2) is 78.1 Å². The van der Waals surface area contributed by atoms with Gasteiger partial charge in [0.2, 0.25) is 11.8 Å². The molecule has 3 N–H and O–H groups in total. The lowest BCUT2D eigenvalue weighted by Crippen LogP contribution is -2.54. The molecule has 11 nitrogen and oxygen atoms in total. The molecule has 0 spiro atoms. The normalized spacial score (nSPS) is 23.5. The van der Waals surface area contributed by atoms with E-state index in [2.05, 4.69) is 15.5 Å². The predicted octanol–water partition coefficient (Wildman–Crippen LogP) is 3.07. The molecule has 3 amide bonds. The van der Waals surface area contributed by atoms with Gasteiger partial charge in [-0.15, -0.1) is 0 Å². The van der Waals surface area contributed by atoms with Crippen LogP contribution < -0.4 is 16.0 Å². The van der Waals surface area contributed by atoms with Crippen LogP contribution >= 0.6 is 0 Å². The van der Waals surface area contributed by atoms with E-state index in [0.29, 0.717) is 56.2 Å². The Kier molecular flexibility index (Phi) is 10.5.